The third kappa shape index (κ3) is 4.83. The average Bonchev–Trinajstić information content (AvgIpc) is 3.25. The van der Waals surface area contributed by atoms with Gasteiger partial charge in [0.2, 0.25) is 5.91 Å². The zero-order valence-corrected chi connectivity index (χ0v) is 19.0. The second kappa shape index (κ2) is 9.32. The van der Waals surface area contributed by atoms with E-state index in [1.165, 1.54) is 11.2 Å². The minimum Gasteiger partial charge on any atom is -0.467 e. The molecule has 0 atom stereocenters. The first-order valence-corrected chi connectivity index (χ1v) is 10.2. The van der Waals surface area contributed by atoms with Gasteiger partial charge >= 0.3 is 5.97 Å². The maximum atomic E-state index is 13.3. The van der Waals surface area contributed by atoms with Gasteiger partial charge in [-0.15, -0.1) is 0 Å². The van der Waals surface area contributed by atoms with Gasteiger partial charge in [-0.3, -0.25) is 9.59 Å². The first-order chi connectivity index (χ1) is 14.0. The first kappa shape index (κ1) is 23.4. The molecule has 0 unspecified atom stereocenters. The van der Waals surface area contributed by atoms with Crippen LogP contribution in [-0.4, -0.2) is 40.3 Å². The Kier molecular flexibility index (Phi) is 7.29. The molecule has 0 radical (unpaired) electrons. The lowest BCUT2D eigenvalue weighted by Gasteiger charge is -2.28. The Morgan fingerprint density at radius 3 is 2.33 bits per heavy atom. The number of esters is 1. The Balaban J connectivity index is 2.42. The Morgan fingerprint density at radius 2 is 1.83 bits per heavy atom. The molecule has 0 saturated carbocycles. The zero-order valence-electron chi connectivity index (χ0n) is 19.0. The van der Waals surface area contributed by atoms with Gasteiger partial charge in [-0.1, -0.05) is 20.8 Å². The topological polar surface area (TPSA) is 81.8 Å². The van der Waals surface area contributed by atoms with E-state index in [1.807, 2.05) is 34.6 Å². The molecule has 0 aromatic carbocycles. The fourth-order valence-corrected chi connectivity index (χ4v) is 3.68. The maximum Gasteiger partial charge on any atom is 0.355 e. The highest BCUT2D eigenvalue weighted by Crippen LogP contribution is 2.26. The normalized spacial score (nSPS) is 11.4. The molecule has 0 fully saturated rings. The highest BCUT2D eigenvalue weighted by Gasteiger charge is 2.32. The predicted molar refractivity (Wildman–Crippen MR) is 113 cm³/mol. The molecule has 0 aliphatic rings. The molecule has 0 spiro atoms. The number of carbonyl (C=O) groups excluding carboxylic acids is 3. The van der Waals surface area contributed by atoms with Gasteiger partial charge in [0.15, 0.2) is 5.78 Å². The average molecular weight is 417 g/mol. The number of ether oxygens (including phenoxy) is 1. The summed E-state index contributed by atoms with van der Waals surface area (Å²) < 4.78 is 12.4. The number of carbonyl (C=O) groups is 3. The number of aromatic nitrogens is 1. The number of ketones is 1. The highest BCUT2D eigenvalue weighted by atomic mass is 16.5. The van der Waals surface area contributed by atoms with Gasteiger partial charge in [-0.05, 0) is 45.4 Å². The van der Waals surface area contributed by atoms with E-state index in [0.717, 1.165) is 0 Å². The number of amides is 1. The summed E-state index contributed by atoms with van der Waals surface area (Å²) in [6, 6.07) is 3.52. The van der Waals surface area contributed by atoms with Gasteiger partial charge in [-0.2, -0.15) is 0 Å². The first-order valence-electron chi connectivity index (χ1n) is 10.2. The zero-order chi connectivity index (χ0) is 22.6. The van der Waals surface area contributed by atoms with Gasteiger partial charge in [0, 0.05) is 23.2 Å². The standard InChI is InChI=1S/C23H32N2O5/c1-8-25-16(4)19(15(3)20(25)21(27)29-9-2)18(26)14-24(22(28)23(5,6)7)13-17-11-10-12-30-17/h10-12H,8-9,13-14H2,1-7H3. The summed E-state index contributed by atoms with van der Waals surface area (Å²) in [4.78, 5) is 40.3. The summed E-state index contributed by atoms with van der Waals surface area (Å²) in [7, 11) is 0. The van der Waals surface area contributed by atoms with E-state index in [-0.39, 0.29) is 31.4 Å². The van der Waals surface area contributed by atoms with Gasteiger partial charge in [0.25, 0.3) is 0 Å². The molecule has 0 aliphatic heterocycles. The van der Waals surface area contributed by atoms with Crippen LogP contribution >= 0.6 is 0 Å². The maximum absolute atomic E-state index is 13.3. The van der Waals surface area contributed by atoms with Gasteiger partial charge in [0.05, 0.1) is 26.0 Å². The van der Waals surface area contributed by atoms with E-state index >= 15 is 0 Å². The van der Waals surface area contributed by atoms with Crippen molar-refractivity contribution in [3.8, 4) is 0 Å². The molecule has 2 rings (SSSR count). The minimum absolute atomic E-state index is 0.103. The molecule has 0 saturated heterocycles. The van der Waals surface area contributed by atoms with Crippen molar-refractivity contribution in [2.75, 3.05) is 13.2 Å². The molecular weight excluding hydrogens is 384 g/mol. The molecule has 164 valence electrons. The Morgan fingerprint density at radius 1 is 1.17 bits per heavy atom. The van der Waals surface area contributed by atoms with E-state index in [9.17, 15) is 14.4 Å². The number of furan rings is 1. The number of Topliss-reactive ketones (excluding diaryl/α,β-unsaturated/α-hetero) is 1. The van der Waals surface area contributed by atoms with Gasteiger partial charge < -0.3 is 18.6 Å². The van der Waals surface area contributed by atoms with Crippen molar-refractivity contribution in [1.82, 2.24) is 9.47 Å². The lowest BCUT2D eigenvalue weighted by Crippen LogP contribution is -2.42. The van der Waals surface area contributed by atoms with Crippen molar-refractivity contribution in [1.29, 1.82) is 0 Å². The number of hydrogen-bond donors (Lipinski definition) is 0. The molecular formula is C23H32N2O5. The predicted octanol–water partition coefficient (Wildman–Crippen LogP) is 4.15. The van der Waals surface area contributed by atoms with Crippen LogP contribution in [-0.2, 0) is 22.6 Å². The minimum atomic E-state index is -0.650. The molecule has 2 aromatic rings. The molecule has 0 aliphatic carbocycles. The summed E-state index contributed by atoms with van der Waals surface area (Å²) in [6.07, 6.45) is 1.54. The molecule has 7 heteroatoms. The van der Waals surface area contributed by atoms with Gasteiger partial charge in [0.1, 0.15) is 11.5 Å². The van der Waals surface area contributed by atoms with Gasteiger partial charge in [-0.25, -0.2) is 4.79 Å². The van der Waals surface area contributed by atoms with Crippen LogP contribution in [0.5, 0.6) is 0 Å². The van der Waals surface area contributed by atoms with E-state index in [2.05, 4.69) is 0 Å². The second-order valence-corrected chi connectivity index (χ2v) is 8.31. The molecule has 0 N–H and O–H groups in total. The number of rotatable bonds is 8. The lowest BCUT2D eigenvalue weighted by molar-refractivity contribution is -0.139. The van der Waals surface area contributed by atoms with E-state index in [4.69, 9.17) is 9.15 Å². The van der Waals surface area contributed by atoms with Crippen molar-refractivity contribution in [3.05, 3.63) is 46.7 Å². The molecule has 2 heterocycles. The summed E-state index contributed by atoms with van der Waals surface area (Å²) in [5.41, 5.74) is 1.48. The third-order valence-electron chi connectivity index (χ3n) is 5.02. The molecule has 1 amide bonds. The van der Waals surface area contributed by atoms with Crippen molar-refractivity contribution in [2.45, 2.75) is 61.6 Å². The van der Waals surface area contributed by atoms with Crippen LogP contribution in [0.25, 0.3) is 0 Å². The fourth-order valence-electron chi connectivity index (χ4n) is 3.68. The smallest absolute Gasteiger partial charge is 0.355 e. The van der Waals surface area contributed by atoms with Crippen molar-refractivity contribution >= 4 is 17.7 Å². The fraction of sp³-hybridized carbons (Fsp3) is 0.522. The van der Waals surface area contributed by atoms with Crippen molar-refractivity contribution < 1.29 is 23.5 Å². The Labute approximate surface area is 178 Å². The molecule has 7 nitrogen and oxygen atoms in total. The van der Waals surface area contributed by atoms with Crippen LogP contribution < -0.4 is 0 Å². The van der Waals surface area contributed by atoms with E-state index in [1.54, 1.807) is 30.5 Å². The number of nitrogens with zero attached hydrogens (tertiary/aromatic N) is 2. The summed E-state index contributed by atoms with van der Waals surface area (Å²) in [6.45, 7) is 13.6. The Hall–Kier alpha value is -2.83. The summed E-state index contributed by atoms with van der Waals surface area (Å²) in [5, 5.41) is 0. The monoisotopic (exact) mass is 416 g/mol. The van der Waals surface area contributed by atoms with Crippen molar-refractivity contribution in [2.24, 2.45) is 5.41 Å². The van der Waals surface area contributed by atoms with E-state index in [0.29, 0.717) is 34.8 Å². The van der Waals surface area contributed by atoms with Crippen molar-refractivity contribution in [3.63, 3.8) is 0 Å². The Bertz CT molecular complexity index is 917. The van der Waals surface area contributed by atoms with Crippen LogP contribution in [0.15, 0.2) is 22.8 Å². The third-order valence-corrected chi connectivity index (χ3v) is 5.02. The molecule has 0 bridgehead atoms. The SMILES string of the molecule is CCOC(=O)c1c(C)c(C(=O)CN(Cc2ccco2)C(=O)C(C)(C)C)c(C)n1CC. The van der Waals surface area contributed by atoms with E-state index < -0.39 is 11.4 Å². The van der Waals surface area contributed by atoms with Crippen LogP contribution in [0, 0.1) is 19.3 Å². The molecule has 2 aromatic heterocycles. The summed E-state index contributed by atoms with van der Waals surface area (Å²) >= 11 is 0. The van der Waals surface area contributed by atoms with Crippen LogP contribution in [0.1, 0.15) is 72.5 Å². The quantitative estimate of drug-likeness (QED) is 0.477. The summed E-state index contributed by atoms with van der Waals surface area (Å²) in [5.74, 6) is -0.209. The molecule has 30 heavy (non-hydrogen) atoms. The largest absolute Gasteiger partial charge is 0.467 e. The second-order valence-electron chi connectivity index (χ2n) is 8.31. The lowest BCUT2D eigenvalue weighted by atomic mass is 9.94. The van der Waals surface area contributed by atoms with Crippen LogP contribution in [0.4, 0.5) is 0 Å². The number of hydrogen-bond acceptors (Lipinski definition) is 5. The van der Waals surface area contributed by atoms with Crippen LogP contribution in [0.2, 0.25) is 0 Å². The highest BCUT2D eigenvalue weighted by molar-refractivity contribution is 6.04. The van der Waals surface area contributed by atoms with Crippen LogP contribution in [0.3, 0.4) is 0 Å².